The molecule has 0 amide bonds. The predicted molar refractivity (Wildman–Crippen MR) is 62.9 cm³/mol. The van der Waals surface area contributed by atoms with Gasteiger partial charge in [0, 0.05) is 11.9 Å². The number of rotatable bonds is 8. The van der Waals surface area contributed by atoms with Crippen LogP contribution in [0.4, 0.5) is 0 Å². The van der Waals surface area contributed by atoms with E-state index in [2.05, 4.69) is 29.3 Å². The number of aliphatic carboxylic acids is 2. The molecule has 94 valence electrons. The van der Waals surface area contributed by atoms with E-state index in [-0.39, 0.29) is 0 Å². The number of hydrogen-bond acceptors (Lipinski definition) is 4. The first-order valence-electron chi connectivity index (χ1n) is 5.81. The molecule has 0 saturated carbocycles. The van der Waals surface area contributed by atoms with Gasteiger partial charge in [-0.2, -0.15) is 0 Å². The van der Waals surface area contributed by atoms with Gasteiger partial charge in [-0.3, -0.25) is 0 Å². The summed E-state index contributed by atoms with van der Waals surface area (Å²) < 4.78 is 0. The fourth-order valence-corrected chi connectivity index (χ4v) is 1.18. The maximum Gasteiger partial charge on any atom is 0.0418 e. The quantitative estimate of drug-likeness (QED) is 0.447. The van der Waals surface area contributed by atoms with Crippen molar-refractivity contribution in [3.63, 3.8) is 0 Å². The van der Waals surface area contributed by atoms with Crippen LogP contribution in [0.1, 0.15) is 51.9 Å². The van der Waals surface area contributed by atoms with Gasteiger partial charge in [-0.1, -0.05) is 0 Å². The molecular formula is C12H19AlO4. The Morgan fingerprint density at radius 3 is 1.94 bits per heavy atom. The molecule has 0 bridgehead atoms. The Balaban J connectivity index is 0. The Hall–Kier alpha value is -0.788. The van der Waals surface area contributed by atoms with Crippen LogP contribution < -0.4 is 10.2 Å². The Morgan fingerprint density at radius 2 is 1.59 bits per heavy atom. The van der Waals surface area contributed by atoms with Gasteiger partial charge in [-0.25, -0.2) is 0 Å². The van der Waals surface area contributed by atoms with E-state index in [0.29, 0.717) is 0 Å². The maximum absolute atomic E-state index is 9.50. The van der Waals surface area contributed by atoms with Gasteiger partial charge in [0.2, 0.25) is 0 Å². The minimum absolute atomic E-state index is 0.470. The van der Waals surface area contributed by atoms with E-state index in [1.165, 1.54) is 32.1 Å². The van der Waals surface area contributed by atoms with Crippen molar-refractivity contribution in [1.29, 1.82) is 0 Å². The van der Waals surface area contributed by atoms with Crippen LogP contribution in [0.15, 0.2) is 11.0 Å². The minimum atomic E-state index is -1.37. The molecule has 4 nitrogen and oxygen atoms in total. The third-order valence-electron chi connectivity index (χ3n) is 1.89. The Morgan fingerprint density at radius 1 is 1.06 bits per heavy atom. The molecule has 0 aliphatic heterocycles. The summed E-state index contributed by atoms with van der Waals surface area (Å²) >= 11 is 2.60. The second-order valence-electron chi connectivity index (χ2n) is 3.52. The largest absolute Gasteiger partial charge is 0.550 e. The van der Waals surface area contributed by atoms with Gasteiger partial charge < -0.3 is 19.8 Å². The molecule has 0 aromatic rings. The van der Waals surface area contributed by atoms with Crippen molar-refractivity contribution < 1.29 is 19.8 Å². The minimum Gasteiger partial charge on any atom is -0.550 e. The normalized spacial score (nSPS) is 9.82. The van der Waals surface area contributed by atoms with Crippen LogP contribution in [0.3, 0.4) is 0 Å². The third kappa shape index (κ3) is 25.5. The molecule has 0 fully saturated rings. The van der Waals surface area contributed by atoms with E-state index < -0.39 is 24.8 Å². The first-order chi connectivity index (χ1) is 8.04. The summed E-state index contributed by atoms with van der Waals surface area (Å²) in [5.74, 6) is -2.73. The molecule has 0 aromatic carbocycles. The molecule has 0 aliphatic rings. The van der Waals surface area contributed by atoms with E-state index >= 15 is 0 Å². The van der Waals surface area contributed by atoms with Crippen LogP contribution in [0, 0.1) is 0 Å². The van der Waals surface area contributed by atoms with Crippen LogP contribution in [-0.4, -0.2) is 28.2 Å². The molecule has 0 aliphatic carbocycles. The molecule has 0 saturated heterocycles. The number of carboxylic acid groups (broad SMARTS) is 2. The van der Waals surface area contributed by atoms with Crippen molar-refractivity contribution in [3.05, 3.63) is 11.0 Å². The van der Waals surface area contributed by atoms with E-state index in [1.54, 1.807) is 0 Å². The van der Waals surface area contributed by atoms with Gasteiger partial charge >= 0.3 is 66.3 Å². The zero-order valence-corrected chi connectivity index (χ0v) is 11.5. The number of allylic oxidation sites excluding steroid dienone is 1. The Kier molecular flexibility index (Phi) is 16.6. The maximum atomic E-state index is 9.50. The van der Waals surface area contributed by atoms with Crippen LogP contribution >= 0.6 is 0 Å². The molecule has 0 radical (unpaired) electrons. The summed E-state index contributed by atoms with van der Waals surface area (Å²) in [7, 11) is 0. The van der Waals surface area contributed by atoms with Crippen molar-refractivity contribution in [2.75, 3.05) is 0 Å². The molecule has 0 aromatic heterocycles. The first kappa shape index (κ1) is 18.6. The van der Waals surface area contributed by atoms with Crippen LogP contribution in [0.2, 0.25) is 0 Å². The summed E-state index contributed by atoms with van der Waals surface area (Å²) in [6.07, 6.45) is 8.01. The second kappa shape index (κ2) is 15.2. The van der Waals surface area contributed by atoms with E-state index in [0.717, 1.165) is 0 Å². The van der Waals surface area contributed by atoms with Crippen LogP contribution in [0.25, 0.3) is 0 Å². The summed E-state index contributed by atoms with van der Waals surface area (Å²) in [4.78, 5) is 21.1. The van der Waals surface area contributed by atoms with Crippen molar-refractivity contribution >= 4 is 28.2 Å². The monoisotopic (exact) mass is 254 g/mol. The molecule has 0 rings (SSSR count). The molecule has 0 spiro atoms. The van der Waals surface area contributed by atoms with Gasteiger partial charge in [0.15, 0.2) is 0 Å². The van der Waals surface area contributed by atoms with Crippen molar-refractivity contribution in [2.24, 2.45) is 0 Å². The van der Waals surface area contributed by atoms with Gasteiger partial charge in [0.05, 0.1) is 0 Å². The number of carbonyl (C=O) groups is 2. The SMILES string of the molecule is CCCCCCC=[CH][Al+2].O=C([O-])CCC(=O)[O-]. The Labute approximate surface area is 111 Å². The number of unbranched alkanes of at least 4 members (excludes halogenated alkanes) is 4. The number of carboxylic acids is 2. The molecule has 5 heteroatoms. The summed E-state index contributed by atoms with van der Waals surface area (Å²) in [5.41, 5.74) is 0. The first-order valence-corrected chi connectivity index (χ1v) is 6.47. The van der Waals surface area contributed by atoms with Crippen molar-refractivity contribution in [3.8, 4) is 0 Å². The molecule has 0 atom stereocenters. The predicted octanol–water partition coefficient (Wildman–Crippen LogP) is -0.0946. The zero-order chi connectivity index (χ0) is 13.5. The van der Waals surface area contributed by atoms with Crippen LogP contribution in [0.5, 0.6) is 0 Å². The smallest absolute Gasteiger partial charge is 0.0418 e. The molecule has 17 heavy (non-hydrogen) atoms. The van der Waals surface area contributed by atoms with E-state index in [1.807, 2.05) is 4.94 Å². The molecule has 0 unspecified atom stereocenters. The van der Waals surface area contributed by atoms with Gasteiger partial charge in [0.1, 0.15) is 0 Å². The van der Waals surface area contributed by atoms with Crippen molar-refractivity contribution in [2.45, 2.75) is 51.9 Å². The second-order valence-corrected chi connectivity index (χ2v) is 3.91. The van der Waals surface area contributed by atoms with E-state index in [9.17, 15) is 19.8 Å². The average molecular weight is 254 g/mol. The van der Waals surface area contributed by atoms with Gasteiger partial charge in [0.25, 0.3) is 0 Å². The van der Waals surface area contributed by atoms with Crippen molar-refractivity contribution in [1.82, 2.24) is 0 Å². The number of carbonyl (C=O) groups excluding carboxylic acids is 2. The number of hydrogen-bond donors (Lipinski definition) is 0. The van der Waals surface area contributed by atoms with Crippen LogP contribution in [-0.2, 0) is 9.59 Å². The zero-order valence-electron chi connectivity index (χ0n) is 10.3. The topological polar surface area (TPSA) is 80.3 Å². The molecule has 0 heterocycles. The van der Waals surface area contributed by atoms with Gasteiger partial charge in [-0.05, 0) is 12.8 Å². The average Bonchev–Trinajstić information content (AvgIpc) is 2.27. The summed E-state index contributed by atoms with van der Waals surface area (Å²) in [6, 6.07) is 0. The van der Waals surface area contributed by atoms with Gasteiger partial charge in [-0.15, -0.1) is 0 Å². The Bertz CT molecular complexity index is 213. The molecular weight excluding hydrogens is 235 g/mol. The summed E-state index contributed by atoms with van der Waals surface area (Å²) in [6.45, 7) is 2.24. The standard InChI is InChI=1S/C8H15.C4H6O4.Al/c1-3-5-7-8-6-4-2;5-3(6)1-2-4(7)8;/h1,3H,4-8H2,2H3;1-2H2,(H,5,6)(H,7,8);/q;;+2/p-2. The fourth-order valence-electron chi connectivity index (χ4n) is 0.989. The third-order valence-corrected chi connectivity index (χ3v) is 2.17. The molecule has 0 N–H and O–H groups in total. The fraction of sp³-hybridized carbons (Fsp3) is 0.667. The summed E-state index contributed by atoms with van der Waals surface area (Å²) in [5, 5.41) is 19.0. The van der Waals surface area contributed by atoms with E-state index in [4.69, 9.17) is 0 Å².